The molecule has 2 atom stereocenters. The molecule has 114 valence electrons. The maximum atomic E-state index is 14.2. The average molecular weight is 311 g/mol. The lowest BCUT2D eigenvalue weighted by Crippen LogP contribution is -2.33. The second-order valence-corrected chi connectivity index (χ2v) is 4.68. The van der Waals surface area contributed by atoms with E-state index >= 15 is 0 Å². The fraction of sp³-hybridized carbons (Fsp3) is 0.308. The topological polar surface area (TPSA) is 12.4 Å². The highest BCUT2D eigenvalue weighted by Crippen LogP contribution is 2.42. The van der Waals surface area contributed by atoms with Gasteiger partial charge in [0.25, 0.3) is 0 Å². The van der Waals surface area contributed by atoms with Crippen molar-refractivity contribution >= 4 is 5.97 Å². The van der Waals surface area contributed by atoms with Gasteiger partial charge in [-0.2, -0.15) is 17.6 Å². The van der Waals surface area contributed by atoms with E-state index in [1.807, 2.05) is 0 Å². The SMILES string of the molecule is CC1(F)C=CN=C(F)C1c1ccc(F)c(C(F)(F)F)c1F. The van der Waals surface area contributed by atoms with Crippen molar-refractivity contribution < 1.29 is 30.7 Å². The molecule has 0 saturated heterocycles. The lowest BCUT2D eigenvalue weighted by Gasteiger charge is -2.29. The highest BCUT2D eigenvalue weighted by molar-refractivity contribution is 5.86. The Morgan fingerprint density at radius 1 is 1.14 bits per heavy atom. The van der Waals surface area contributed by atoms with Crippen molar-refractivity contribution in [2.24, 2.45) is 4.99 Å². The van der Waals surface area contributed by atoms with E-state index in [-0.39, 0.29) is 0 Å². The van der Waals surface area contributed by atoms with Gasteiger partial charge in [-0.05, 0) is 19.1 Å². The number of nitrogens with zero attached hydrogens (tertiary/aromatic N) is 1. The number of hydrogen-bond donors (Lipinski definition) is 0. The minimum Gasteiger partial charge on any atom is -0.238 e. The van der Waals surface area contributed by atoms with Crippen LogP contribution in [0.5, 0.6) is 0 Å². The number of benzene rings is 1. The summed E-state index contributed by atoms with van der Waals surface area (Å²) in [5.74, 6) is -7.30. The zero-order chi connectivity index (χ0) is 16.0. The van der Waals surface area contributed by atoms with E-state index in [9.17, 15) is 30.7 Å². The summed E-state index contributed by atoms with van der Waals surface area (Å²) >= 11 is 0. The predicted octanol–water partition coefficient (Wildman–Crippen LogP) is 4.69. The van der Waals surface area contributed by atoms with Crippen molar-refractivity contribution in [1.82, 2.24) is 0 Å². The van der Waals surface area contributed by atoms with Crippen LogP contribution in [0.25, 0.3) is 0 Å². The highest BCUT2D eigenvalue weighted by atomic mass is 19.4. The fourth-order valence-corrected chi connectivity index (χ4v) is 2.14. The smallest absolute Gasteiger partial charge is 0.238 e. The number of alkyl halides is 4. The lowest BCUT2D eigenvalue weighted by molar-refractivity contribution is -0.142. The Bertz CT molecular complexity index is 628. The minimum atomic E-state index is -5.32. The Morgan fingerprint density at radius 3 is 2.29 bits per heavy atom. The summed E-state index contributed by atoms with van der Waals surface area (Å²) in [5, 5.41) is 0. The van der Waals surface area contributed by atoms with Crippen LogP contribution >= 0.6 is 0 Å². The van der Waals surface area contributed by atoms with Gasteiger partial charge >= 0.3 is 6.18 Å². The molecule has 0 radical (unpaired) electrons. The summed E-state index contributed by atoms with van der Waals surface area (Å²) < 4.78 is 92.9. The molecular formula is C13H8F7N. The quantitative estimate of drug-likeness (QED) is 0.667. The molecule has 0 fully saturated rings. The normalized spacial score (nSPS) is 25.9. The van der Waals surface area contributed by atoms with E-state index in [1.165, 1.54) is 0 Å². The molecule has 1 aromatic carbocycles. The molecule has 1 aliphatic heterocycles. The molecule has 8 heteroatoms. The first-order valence-electron chi connectivity index (χ1n) is 5.70. The molecule has 1 nitrogen and oxygen atoms in total. The molecule has 21 heavy (non-hydrogen) atoms. The van der Waals surface area contributed by atoms with E-state index in [0.29, 0.717) is 12.1 Å². The van der Waals surface area contributed by atoms with Gasteiger partial charge in [0, 0.05) is 11.8 Å². The van der Waals surface area contributed by atoms with Crippen LogP contribution in [0.15, 0.2) is 29.4 Å². The van der Waals surface area contributed by atoms with E-state index in [2.05, 4.69) is 4.99 Å². The van der Waals surface area contributed by atoms with Crippen LogP contribution in [0, 0.1) is 11.6 Å². The van der Waals surface area contributed by atoms with E-state index in [1.54, 1.807) is 0 Å². The maximum Gasteiger partial charge on any atom is 0.422 e. The van der Waals surface area contributed by atoms with Crippen molar-refractivity contribution in [3.05, 3.63) is 47.2 Å². The zero-order valence-electron chi connectivity index (χ0n) is 10.5. The summed E-state index contributed by atoms with van der Waals surface area (Å²) in [5.41, 5.74) is -5.62. The van der Waals surface area contributed by atoms with Gasteiger partial charge < -0.3 is 0 Å². The molecule has 1 aromatic rings. The Morgan fingerprint density at radius 2 is 1.76 bits per heavy atom. The van der Waals surface area contributed by atoms with Crippen molar-refractivity contribution in [3.8, 4) is 0 Å². The Balaban J connectivity index is 2.66. The van der Waals surface area contributed by atoms with Crippen molar-refractivity contribution in [2.45, 2.75) is 24.7 Å². The van der Waals surface area contributed by atoms with Gasteiger partial charge in [-0.15, -0.1) is 0 Å². The van der Waals surface area contributed by atoms with E-state index in [0.717, 1.165) is 19.2 Å². The third kappa shape index (κ3) is 2.66. The molecule has 0 aliphatic carbocycles. The van der Waals surface area contributed by atoms with Crippen LogP contribution in [0.4, 0.5) is 30.7 Å². The Kier molecular flexibility index (Phi) is 3.59. The molecule has 2 unspecified atom stereocenters. The van der Waals surface area contributed by atoms with E-state index < -0.39 is 46.5 Å². The molecule has 0 saturated carbocycles. The van der Waals surface area contributed by atoms with Gasteiger partial charge in [-0.25, -0.2) is 18.2 Å². The third-order valence-electron chi connectivity index (χ3n) is 3.12. The monoisotopic (exact) mass is 311 g/mol. The first-order chi connectivity index (χ1) is 9.55. The molecule has 0 N–H and O–H groups in total. The summed E-state index contributed by atoms with van der Waals surface area (Å²) in [4.78, 5) is 3.13. The molecule has 0 bridgehead atoms. The standard InChI is InChI=1S/C13H8F7N/c1-12(17)4-5-21-11(16)8(12)6-2-3-7(14)9(10(6)15)13(18,19)20/h2-5,8H,1H3. The van der Waals surface area contributed by atoms with Crippen LogP contribution in [0.1, 0.15) is 24.0 Å². The number of rotatable bonds is 1. The van der Waals surface area contributed by atoms with Gasteiger partial charge in [0.15, 0.2) is 5.97 Å². The van der Waals surface area contributed by atoms with Crippen molar-refractivity contribution in [2.75, 3.05) is 0 Å². The van der Waals surface area contributed by atoms with Crippen LogP contribution < -0.4 is 0 Å². The second kappa shape index (κ2) is 4.85. The van der Waals surface area contributed by atoms with Crippen LogP contribution in [-0.4, -0.2) is 11.6 Å². The number of aliphatic imine (C=N–C) groups is 1. The number of halogens is 7. The minimum absolute atomic E-state index is 0.322. The van der Waals surface area contributed by atoms with Gasteiger partial charge in [0.05, 0.1) is 5.92 Å². The Labute approximate surface area is 114 Å². The number of allylic oxidation sites excluding steroid dienone is 1. The predicted molar refractivity (Wildman–Crippen MR) is 61.3 cm³/mol. The van der Waals surface area contributed by atoms with Gasteiger partial charge in [0.1, 0.15) is 22.9 Å². The number of hydrogen-bond acceptors (Lipinski definition) is 1. The molecule has 2 rings (SSSR count). The fourth-order valence-electron chi connectivity index (χ4n) is 2.14. The summed E-state index contributed by atoms with van der Waals surface area (Å²) in [7, 11) is 0. The van der Waals surface area contributed by atoms with Crippen LogP contribution in [-0.2, 0) is 6.18 Å². The highest BCUT2D eigenvalue weighted by Gasteiger charge is 2.45. The first kappa shape index (κ1) is 15.5. The lowest BCUT2D eigenvalue weighted by atomic mass is 9.82. The zero-order valence-corrected chi connectivity index (χ0v) is 10.5. The largest absolute Gasteiger partial charge is 0.422 e. The maximum absolute atomic E-state index is 14.2. The molecule has 1 aliphatic rings. The van der Waals surface area contributed by atoms with Crippen molar-refractivity contribution in [1.29, 1.82) is 0 Å². The van der Waals surface area contributed by atoms with Gasteiger partial charge in [-0.3, -0.25) is 0 Å². The van der Waals surface area contributed by atoms with Crippen LogP contribution in [0.2, 0.25) is 0 Å². The summed E-state index contributed by atoms with van der Waals surface area (Å²) in [6.45, 7) is 0.860. The molecule has 0 amide bonds. The van der Waals surface area contributed by atoms with E-state index in [4.69, 9.17) is 0 Å². The summed E-state index contributed by atoms with van der Waals surface area (Å²) in [6, 6.07) is 0.902. The second-order valence-electron chi connectivity index (χ2n) is 4.68. The van der Waals surface area contributed by atoms with Crippen LogP contribution in [0.3, 0.4) is 0 Å². The first-order valence-corrected chi connectivity index (χ1v) is 5.70. The molecular weight excluding hydrogens is 303 g/mol. The molecule has 0 aromatic heterocycles. The Hall–Kier alpha value is -1.86. The summed E-state index contributed by atoms with van der Waals surface area (Å²) in [6.07, 6.45) is -3.75. The van der Waals surface area contributed by atoms with Gasteiger partial charge in [-0.1, -0.05) is 6.07 Å². The molecule has 0 spiro atoms. The van der Waals surface area contributed by atoms with Gasteiger partial charge in [0.2, 0.25) is 0 Å². The molecule has 1 heterocycles. The van der Waals surface area contributed by atoms with Crippen molar-refractivity contribution in [3.63, 3.8) is 0 Å². The third-order valence-corrected chi connectivity index (χ3v) is 3.12. The average Bonchev–Trinajstić information content (AvgIpc) is 2.29.